The molecule has 2 rings (SSSR count). The Morgan fingerprint density at radius 3 is 2.53 bits per heavy atom. The van der Waals surface area contributed by atoms with Gasteiger partial charge in [-0.15, -0.1) is 0 Å². The van der Waals surface area contributed by atoms with E-state index < -0.39 is 11.5 Å². The molecular formula is C13H11N3O3. The number of pyridine rings is 1. The normalized spacial score (nSPS) is 10.2. The second kappa shape index (κ2) is 5.36. The Bertz CT molecular complexity index is 626. The van der Waals surface area contributed by atoms with Gasteiger partial charge < -0.3 is 5.11 Å². The highest BCUT2D eigenvalue weighted by molar-refractivity contribution is 6.10. The molecule has 0 bridgehead atoms. The van der Waals surface area contributed by atoms with E-state index in [2.05, 4.69) is 4.98 Å². The number of aromatic nitrogens is 1. The van der Waals surface area contributed by atoms with Crippen molar-refractivity contribution >= 4 is 11.4 Å². The van der Waals surface area contributed by atoms with Crippen LogP contribution in [-0.4, -0.2) is 20.7 Å². The van der Waals surface area contributed by atoms with E-state index >= 15 is 0 Å². The highest BCUT2D eigenvalue weighted by Crippen LogP contribution is 2.21. The van der Waals surface area contributed by atoms with Gasteiger partial charge in [-0.2, -0.15) is 0 Å². The van der Waals surface area contributed by atoms with E-state index in [1.807, 2.05) is 0 Å². The molecule has 0 atom stereocenters. The molecule has 0 saturated carbocycles. The van der Waals surface area contributed by atoms with Gasteiger partial charge in [0, 0.05) is 29.6 Å². The van der Waals surface area contributed by atoms with E-state index in [-0.39, 0.29) is 17.0 Å². The Morgan fingerprint density at radius 2 is 1.95 bits per heavy atom. The van der Waals surface area contributed by atoms with Crippen LogP contribution >= 0.6 is 0 Å². The van der Waals surface area contributed by atoms with Crippen molar-refractivity contribution in [3.8, 4) is 0 Å². The number of hydrogen-bond acceptors (Lipinski definition) is 5. The van der Waals surface area contributed by atoms with Gasteiger partial charge >= 0.3 is 0 Å². The molecule has 0 unspecified atom stereocenters. The van der Waals surface area contributed by atoms with Gasteiger partial charge in [0.2, 0.25) is 0 Å². The molecule has 0 aliphatic rings. The van der Waals surface area contributed by atoms with Crippen molar-refractivity contribution < 1.29 is 10.0 Å². The first-order valence-corrected chi connectivity index (χ1v) is 5.51. The molecule has 96 valence electrons. The Morgan fingerprint density at radius 1 is 1.26 bits per heavy atom. The lowest BCUT2D eigenvalue weighted by atomic mass is 10.0. The van der Waals surface area contributed by atoms with Crippen molar-refractivity contribution in [1.82, 2.24) is 4.98 Å². The summed E-state index contributed by atoms with van der Waals surface area (Å²) in [4.78, 5) is 14.1. The SMILES string of the molecule is N=C(c1ccncc1)c1ccc([N+](=O)[O-])c(CO)c1. The number of rotatable bonds is 4. The maximum atomic E-state index is 10.8. The van der Waals surface area contributed by atoms with Gasteiger partial charge in [-0.1, -0.05) is 0 Å². The van der Waals surface area contributed by atoms with Gasteiger partial charge in [0.15, 0.2) is 0 Å². The maximum absolute atomic E-state index is 10.8. The summed E-state index contributed by atoms with van der Waals surface area (Å²) < 4.78 is 0. The quantitative estimate of drug-likeness (QED) is 0.496. The third-order valence-electron chi connectivity index (χ3n) is 2.70. The number of hydrogen-bond donors (Lipinski definition) is 2. The molecule has 0 fully saturated rings. The van der Waals surface area contributed by atoms with E-state index in [1.54, 1.807) is 24.5 Å². The lowest BCUT2D eigenvalue weighted by Crippen LogP contribution is -2.04. The smallest absolute Gasteiger partial charge is 0.274 e. The van der Waals surface area contributed by atoms with Gasteiger partial charge in [-0.25, -0.2) is 0 Å². The fraction of sp³-hybridized carbons (Fsp3) is 0.0769. The van der Waals surface area contributed by atoms with Crippen molar-refractivity contribution in [2.24, 2.45) is 0 Å². The number of nitrogens with one attached hydrogen (secondary N) is 1. The van der Waals surface area contributed by atoms with E-state index in [9.17, 15) is 10.1 Å². The van der Waals surface area contributed by atoms with Crippen LogP contribution in [0.4, 0.5) is 5.69 Å². The lowest BCUT2D eigenvalue weighted by molar-refractivity contribution is -0.385. The molecule has 0 aliphatic heterocycles. The van der Waals surface area contributed by atoms with Gasteiger partial charge in [-0.3, -0.25) is 20.5 Å². The Hall–Kier alpha value is -2.60. The standard InChI is InChI=1S/C13H11N3O3/c14-13(9-3-5-15-6-4-9)10-1-2-12(16(18)19)11(7-10)8-17/h1-7,14,17H,8H2. The number of nitro benzene ring substituents is 1. The molecule has 0 spiro atoms. The van der Waals surface area contributed by atoms with Gasteiger partial charge in [-0.05, 0) is 24.3 Å². The van der Waals surface area contributed by atoms with Crippen LogP contribution in [-0.2, 0) is 6.61 Å². The van der Waals surface area contributed by atoms with Crippen LogP contribution in [0.25, 0.3) is 0 Å². The summed E-state index contributed by atoms with van der Waals surface area (Å²) in [5.41, 5.74) is 1.45. The number of nitro groups is 1. The number of aliphatic hydroxyl groups excluding tert-OH is 1. The number of nitrogens with zero attached hydrogens (tertiary/aromatic N) is 2. The molecule has 0 saturated heterocycles. The number of benzene rings is 1. The highest BCUT2D eigenvalue weighted by atomic mass is 16.6. The molecular weight excluding hydrogens is 246 g/mol. The molecule has 0 aliphatic carbocycles. The summed E-state index contributed by atoms with van der Waals surface area (Å²) >= 11 is 0. The van der Waals surface area contributed by atoms with Crippen molar-refractivity contribution in [1.29, 1.82) is 5.41 Å². The van der Waals surface area contributed by atoms with Crippen molar-refractivity contribution in [3.63, 3.8) is 0 Å². The van der Waals surface area contributed by atoms with Crippen LogP contribution in [0.15, 0.2) is 42.7 Å². The predicted molar refractivity (Wildman–Crippen MR) is 69.2 cm³/mol. The molecule has 19 heavy (non-hydrogen) atoms. The summed E-state index contributed by atoms with van der Waals surface area (Å²) in [6.45, 7) is -0.437. The minimum absolute atomic E-state index is 0.145. The van der Waals surface area contributed by atoms with Crippen molar-refractivity contribution in [3.05, 3.63) is 69.5 Å². The fourth-order valence-electron chi connectivity index (χ4n) is 1.73. The van der Waals surface area contributed by atoms with Crippen molar-refractivity contribution in [2.45, 2.75) is 6.61 Å². The average molecular weight is 257 g/mol. The molecule has 1 aromatic carbocycles. The zero-order valence-electron chi connectivity index (χ0n) is 9.91. The molecule has 0 amide bonds. The third kappa shape index (κ3) is 2.63. The number of aliphatic hydroxyl groups is 1. The van der Waals surface area contributed by atoms with Crippen LogP contribution in [0.2, 0.25) is 0 Å². The van der Waals surface area contributed by atoms with E-state index in [1.165, 1.54) is 18.2 Å². The first-order valence-electron chi connectivity index (χ1n) is 5.51. The fourth-order valence-corrected chi connectivity index (χ4v) is 1.73. The Labute approximate surface area is 109 Å². The average Bonchev–Trinajstić information content (AvgIpc) is 2.46. The molecule has 1 heterocycles. The van der Waals surface area contributed by atoms with E-state index in [4.69, 9.17) is 10.5 Å². The molecule has 1 aromatic heterocycles. The van der Waals surface area contributed by atoms with Gasteiger partial charge in [0.25, 0.3) is 5.69 Å². The summed E-state index contributed by atoms with van der Waals surface area (Å²) in [6, 6.07) is 7.63. The summed E-state index contributed by atoms with van der Waals surface area (Å²) in [5, 5.41) is 28.0. The molecule has 6 nitrogen and oxygen atoms in total. The molecule has 0 radical (unpaired) electrons. The summed E-state index contributed by atoms with van der Waals surface area (Å²) in [6.07, 6.45) is 3.14. The zero-order valence-corrected chi connectivity index (χ0v) is 9.91. The summed E-state index contributed by atoms with van der Waals surface area (Å²) in [7, 11) is 0. The minimum Gasteiger partial charge on any atom is -0.391 e. The Balaban J connectivity index is 2.42. The molecule has 2 N–H and O–H groups in total. The second-order valence-corrected chi connectivity index (χ2v) is 3.87. The third-order valence-corrected chi connectivity index (χ3v) is 2.70. The molecule has 2 aromatic rings. The summed E-state index contributed by atoms with van der Waals surface area (Å²) in [5.74, 6) is 0. The van der Waals surface area contributed by atoms with Crippen LogP contribution < -0.4 is 0 Å². The molecule has 6 heteroatoms. The van der Waals surface area contributed by atoms with Crippen molar-refractivity contribution in [2.75, 3.05) is 0 Å². The second-order valence-electron chi connectivity index (χ2n) is 3.87. The zero-order chi connectivity index (χ0) is 13.8. The van der Waals surface area contributed by atoms with E-state index in [0.717, 1.165) is 0 Å². The first-order chi connectivity index (χ1) is 9.13. The monoisotopic (exact) mass is 257 g/mol. The first kappa shape index (κ1) is 12.8. The highest BCUT2D eigenvalue weighted by Gasteiger charge is 2.15. The van der Waals surface area contributed by atoms with Crippen LogP contribution in [0.1, 0.15) is 16.7 Å². The minimum atomic E-state index is -0.550. The topological polar surface area (TPSA) is 100 Å². The van der Waals surface area contributed by atoms with Gasteiger partial charge in [0.1, 0.15) is 0 Å². The maximum Gasteiger partial charge on any atom is 0.274 e. The predicted octanol–water partition coefficient (Wildman–Crippen LogP) is 1.90. The van der Waals surface area contributed by atoms with E-state index in [0.29, 0.717) is 11.1 Å². The largest absolute Gasteiger partial charge is 0.391 e. The lowest BCUT2D eigenvalue weighted by Gasteiger charge is -2.06. The van der Waals surface area contributed by atoms with Crippen LogP contribution in [0, 0.1) is 15.5 Å². The van der Waals surface area contributed by atoms with Gasteiger partial charge in [0.05, 0.1) is 22.8 Å². The van der Waals surface area contributed by atoms with Crippen LogP contribution in [0.5, 0.6) is 0 Å². The van der Waals surface area contributed by atoms with Crippen LogP contribution in [0.3, 0.4) is 0 Å². The Kier molecular flexibility index (Phi) is 3.63.